The molecule has 10 rings (SSSR count). The molecular weight excluding hydrogens is 1330 g/mol. The van der Waals surface area contributed by atoms with Crippen molar-refractivity contribution in [2.45, 2.75) is 260 Å². The lowest BCUT2D eigenvalue weighted by Crippen LogP contribution is -2.12. The van der Waals surface area contributed by atoms with Crippen molar-refractivity contribution >= 4 is 69.4 Å². The number of rotatable bonds is 48. The van der Waals surface area contributed by atoms with Crippen LogP contribution < -0.4 is 23.8 Å². The van der Waals surface area contributed by atoms with Crippen molar-refractivity contribution in [2.75, 3.05) is 31.3 Å². The number of H-pyrrole nitrogens is 2. The van der Waals surface area contributed by atoms with E-state index < -0.39 is 5.97 Å². The number of ether oxygens (including phenoxy) is 4. The van der Waals surface area contributed by atoms with Crippen molar-refractivity contribution in [3.05, 3.63) is 184 Å². The average molecular weight is 1460 g/mol. The Balaban J connectivity index is 1.26. The van der Waals surface area contributed by atoms with Crippen LogP contribution in [0.4, 0.5) is 17.1 Å². The first kappa shape index (κ1) is 81.3. The van der Waals surface area contributed by atoms with Gasteiger partial charge in [0, 0.05) is 51.2 Å². The molecule has 0 saturated heterocycles. The summed E-state index contributed by atoms with van der Waals surface area (Å²) in [5.41, 5.74) is 16.8. The summed E-state index contributed by atoms with van der Waals surface area (Å²) >= 11 is 0. The Labute approximate surface area is 646 Å². The number of aryl methyl sites for hydroxylation is 2. The minimum atomic E-state index is -0.992. The summed E-state index contributed by atoms with van der Waals surface area (Å²) < 4.78 is 27.2. The number of hydrogen-bond donors (Lipinski definition) is 3. The zero-order chi connectivity index (χ0) is 75.3. The molecule has 0 fully saturated rings. The largest absolute Gasteiger partial charge is 0.493 e. The van der Waals surface area contributed by atoms with Crippen LogP contribution in [0.2, 0.25) is 0 Å². The van der Waals surface area contributed by atoms with Gasteiger partial charge in [0.1, 0.15) is 23.0 Å². The minimum absolute atomic E-state index is 0.194. The summed E-state index contributed by atoms with van der Waals surface area (Å²) in [5.74, 6) is 9.01. The van der Waals surface area contributed by atoms with Gasteiger partial charge in [-0.15, -0.1) is 0 Å². The molecule has 572 valence electrons. The molecule has 5 aromatic carbocycles. The van der Waals surface area contributed by atoms with E-state index in [-0.39, 0.29) is 5.56 Å². The number of anilines is 3. The van der Waals surface area contributed by atoms with Crippen molar-refractivity contribution in [3.8, 4) is 57.1 Å². The first-order valence-corrected chi connectivity index (χ1v) is 42.0. The van der Waals surface area contributed by atoms with Gasteiger partial charge in [0.25, 0.3) is 0 Å². The molecule has 2 aliphatic heterocycles. The zero-order valence-corrected chi connectivity index (χ0v) is 66.2. The second-order valence-corrected chi connectivity index (χ2v) is 29.7. The standard InChI is InChI=1S/C97H123N5O6/c1-7-13-19-25-29-35-63-105-81-67-77(68-82(71-81)106-64-36-30-26-20-14-8-2)94-88-57-55-86(98-88)85(54-47-75-41-48-76(49-42-75)97(103)104)87-56-58-89(99-87)95(78-69-83(107-65-37-31-27-21-15-9-3)72-84(70-78)108-66-38-32-28-22-16-10-4)91-60-62-93(101-91)96(92-61-59-90(94)100-92)102(79-50-43-73(44-51-79)39-33-23-17-11-5)80-52-45-74(46-53-80)40-34-24-18-12-6/h41-46,48-53,55-62,67-72,98,101H,7-40,63-66H2,1-6H3,(H,103,104). The molecule has 0 amide bonds. The van der Waals surface area contributed by atoms with Gasteiger partial charge in [-0.1, -0.05) is 245 Å². The number of aromatic nitrogens is 4. The van der Waals surface area contributed by atoms with E-state index in [1.165, 1.54) is 152 Å². The highest BCUT2D eigenvalue weighted by molar-refractivity contribution is 6.00. The Morgan fingerprint density at radius 2 is 0.704 bits per heavy atom. The first-order chi connectivity index (χ1) is 53.2. The minimum Gasteiger partial charge on any atom is -0.493 e. The number of benzene rings is 5. The molecule has 11 nitrogen and oxygen atoms in total. The van der Waals surface area contributed by atoms with Gasteiger partial charge in [-0.2, -0.15) is 0 Å². The molecular formula is C97H123N5O6. The Morgan fingerprint density at radius 1 is 0.361 bits per heavy atom. The fraction of sp³-hybridized carbons (Fsp3) is 0.454. The molecule has 0 saturated carbocycles. The lowest BCUT2D eigenvalue weighted by Gasteiger charge is -2.26. The molecule has 11 heteroatoms. The van der Waals surface area contributed by atoms with E-state index in [2.05, 4.69) is 202 Å². The number of carbonyl (C=O) groups is 1. The van der Waals surface area contributed by atoms with Crippen molar-refractivity contribution in [1.29, 1.82) is 0 Å². The Bertz CT molecular complexity index is 4170. The number of nitrogens with one attached hydrogen (secondary N) is 2. The molecule has 108 heavy (non-hydrogen) atoms. The third-order valence-electron chi connectivity index (χ3n) is 20.8. The maximum absolute atomic E-state index is 12.1. The van der Waals surface area contributed by atoms with Crippen LogP contribution in [0.15, 0.2) is 133 Å². The number of aromatic amines is 2. The SMILES string of the molecule is CCCCCCCCOc1cc(OCCCCCCCC)cc(-c2c3nc(c(N(c4ccc(CCCCCC)cc4)c4ccc(CCCCCC)cc4)c4ccc([nH]4)c(-c4cc(OCCCCCCCC)cc(OCCCCCCCC)c4)c4nc(c(C#Cc5ccc(C(=O)O)cc5)c5ccc2[nH]5)C=C4)C=C3)c1. The molecule has 8 bridgehead atoms. The number of aromatic carboxylic acids is 1. The molecule has 8 aromatic rings. The predicted octanol–water partition coefficient (Wildman–Crippen LogP) is 27.8. The number of hydrogen-bond acceptors (Lipinski definition) is 8. The van der Waals surface area contributed by atoms with E-state index in [1.807, 2.05) is 0 Å². The summed E-state index contributed by atoms with van der Waals surface area (Å²) in [5, 5.41) is 9.91. The van der Waals surface area contributed by atoms with Crippen molar-refractivity contribution in [1.82, 2.24) is 19.9 Å². The lowest BCUT2D eigenvalue weighted by atomic mass is 10.0. The Hall–Kier alpha value is -9.27. The highest BCUT2D eigenvalue weighted by atomic mass is 16.5. The van der Waals surface area contributed by atoms with E-state index in [1.54, 1.807) is 24.3 Å². The van der Waals surface area contributed by atoms with Gasteiger partial charge in [-0.05, 0) is 195 Å². The molecule has 0 atom stereocenters. The van der Waals surface area contributed by atoms with E-state index in [9.17, 15) is 9.90 Å². The second-order valence-electron chi connectivity index (χ2n) is 29.7. The summed E-state index contributed by atoms with van der Waals surface area (Å²) in [4.78, 5) is 34.2. The first-order valence-electron chi connectivity index (χ1n) is 42.0. The van der Waals surface area contributed by atoms with Gasteiger partial charge in [0.05, 0.1) is 77.1 Å². The monoisotopic (exact) mass is 1450 g/mol. The molecule has 5 heterocycles. The second kappa shape index (κ2) is 44.9. The predicted molar refractivity (Wildman–Crippen MR) is 455 cm³/mol. The van der Waals surface area contributed by atoms with E-state index in [0.29, 0.717) is 43.2 Å². The maximum atomic E-state index is 12.1. The zero-order valence-electron chi connectivity index (χ0n) is 66.2. The highest BCUT2D eigenvalue weighted by Crippen LogP contribution is 2.44. The molecule has 0 aliphatic carbocycles. The topological polar surface area (TPSA) is 135 Å². The van der Waals surface area contributed by atoms with Crippen LogP contribution in [-0.4, -0.2) is 57.4 Å². The molecule has 0 unspecified atom stereocenters. The molecule has 0 spiro atoms. The number of nitrogens with zero attached hydrogens (tertiary/aromatic N) is 3. The van der Waals surface area contributed by atoms with Crippen LogP contribution in [0.25, 0.3) is 68.6 Å². The Kier molecular flexibility index (Phi) is 33.8. The molecule has 2 aliphatic rings. The molecule has 3 aromatic heterocycles. The third kappa shape index (κ3) is 24.6. The summed E-state index contributed by atoms with van der Waals surface area (Å²) in [6.07, 6.45) is 48.0. The van der Waals surface area contributed by atoms with Crippen LogP contribution in [0.5, 0.6) is 23.0 Å². The van der Waals surface area contributed by atoms with Crippen LogP contribution in [0, 0.1) is 11.8 Å². The van der Waals surface area contributed by atoms with Gasteiger partial charge in [0.2, 0.25) is 0 Å². The number of carboxylic acid groups (broad SMARTS) is 1. The highest BCUT2D eigenvalue weighted by Gasteiger charge is 2.24. The smallest absolute Gasteiger partial charge is 0.335 e. The quantitative estimate of drug-likeness (QED) is 0.0252. The van der Waals surface area contributed by atoms with Crippen LogP contribution in [0.3, 0.4) is 0 Å². The molecule has 3 N–H and O–H groups in total. The van der Waals surface area contributed by atoms with Gasteiger partial charge in [0.15, 0.2) is 0 Å². The fourth-order valence-electron chi connectivity index (χ4n) is 14.6. The van der Waals surface area contributed by atoms with E-state index >= 15 is 0 Å². The lowest BCUT2D eigenvalue weighted by molar-refractivity contribution is 0.0696. The van der Waals surface area contributed by atoms with Crippen LogP contribution in [-0.2, 0) is 12.8 Å². The summed E-state index contributed by atoms with van der Waals surface area (Å²) in [7, 11) is 0. The van der Waals surface area contributed by atoms with Gasteiger partial charge in [-0.3, -0.25) is 0 Å². The Morgan fingerprint density at radius 3 is 1.11 bits per heavy atom. The van der Waals surface area contributed by atoms with Crippen molar-refractivity contribution in [2.24, 2.45) is 0 Å². The van der Waals surface area contributed by atoms with Crippen molar-refractivity contribution in [3.63, 3.8) is 0 Å². The fourth-order valence-corrected chi connectivity index (χ4v) is 14.6. The summed E-state index contributed by atoms with van der Waals surface area (Å²) in [6, 6.07) is 46.6. The maximum Gasteiger partial charge on any atom is 0.335 e. The number of fused-ring (bicyclic) bond motifs is 8. The number of unbranched alkanes of at least 4 members (excludes halogenated alkanes) is 26. The van der Waals surface area contributed by atoms with Gasteiger partial charge >= 0.3 is 5.97 Å². The average Bonchev–Trinajstić information content (AvgIpc) is 1.57. The molecule has 0 radical (unpaired) electrons. The van der Waals surface area contributed by atoms with Crippen molar-refractivity contribution < 1.29 is 28.8 Å². The number of carboxylic acids is 1. The van der Waals surface area contributed by atoms with Crippen LogP contribution >= 0.6 is 0 Å². The third-order valence-corrected chi connectivity index (χ3v) is 20.8. The normalized spacial score (nSPS) is 11.6. The van der Waals surface area contributed by atoms with E-state index in [0.717, 1.165) is 179 Å². The van der Waals surface area contributed by atoms with Gasteiger partial charge < -0.3 is 38.9 Å². The van der Waals surface area contributed by atoms with Crippen LogP contribution in [0.1, 0.15) is 302 Å². The van der Waals surface area contributed by atoms with E-state index in [4.69, 9.17) is 28.9 Å². The van der Waals surface area contributed by atoms with Gasteiger partial charge in [-0.25, -0.2) is 14.8 Å². The summed E-state index contributed by atoms with van der Waals surface area (Å²) in [6.45, 7) is 16.0.